The van der Waals surface area contributed by atoms with Crippen molar-refractivity contribution in [1.29, 1.82) is 0 Å². The minimum Gasteiger partial charge on any atom is -0.361 e. The molecule has 5 rings (SSSR count). The SMILES string of the molecule is Cc1ccccc1C1CCN(C(=O)N[C@@H](C(=O)Nc2cccc(CN(C)C)c2)[C@H](C)c2c[nH]c3ccccc23)CC1. The number of urea groups is 1. The van der Waals surface area contributed by atoms with Crippen molar-refractivity contribution < 1.29 is 9.59 Å². The van der Waals surface area contributed by atoms with Crippen molar-refractivity contribution >= 4 is 28.5 Å². The van der Waals surface area contributed by atoms with E-state index in [0.717, 1.165) is 47.1 Å². The third kappa shape index (κ3) is 6.63. The second kappa shape index (κ2) is 12.6. The Bertz CT molecular complexity index is 1500. The van der Waals surface area contributed by atoms with Crippen LogP contribution in [-0.2, 0) is 11.3 Å². The zero-order valence-electron chi connectivity index (χ0n) is 24.5. The van der Waals surface area contributed by atoms with Crippen molar-refractivity contribution in [3.8, 4) is 0 Å². The molecule has 1 aliphatic heterocycles. The number of hydrogen-bond acceptors (Lipinski definition) is 3. The fourth-order valence-corrected chi connectivity index (χ4v) is 6.06. The van der Waals surface area contributed by atoms with Gasteiger partial charge in [0.05, 0.1) is 0 Å². The van der Waals surface area contributed by atoms with Crippen molar-refractivity contribution in [2.24, 2.45) is 0 Å². The number of fused-ring (bicyclic) bond motifs is 1. The van der Waals surface area contributed by atoms with Crippen LogP contribution in [0.4, 0.5) is 10.5 Å². The van der Waals surface area contributed by atoms with Crippen LogP contribution < -0.4 is 10.6 Å². The standard InChI is InChI=1S/C34H41N5O2/c1-23-10-5-6-13-28(23)26-16-18-39(19-17-26)34(41)37-32(24(2)30-21-35-31-15-8-7-14-29(30)31)33(40)36-27-12-9-11-25(20-27)22-38(3)4/h5-15,20-21,24,26,32,35H,16-19,22H2,1-4H3,(H,36,40)(H,37,41)/t24-,32-/m1/s1. The van der Waals surface area contributed by atoms with Gasteiger partial charge in [-0.05, 0) is 80.2 Å². The maximum atomic E-state index is 13.8. The summed E-state index contributed by atoms with van der Waals surface area (Å²) >= 11 is 0. The minimum absolute atomic E-state index is 0.193. The van der Waals surface area contributed by atoms with Gasteiger partial charge in [-0.25, -0.2) is 4.79 Å². The summed E-state index contributed by atoms with van der Waals surface area (Å²) in [6.07, 6.45) is 3.77. The molecule has 3 aromatic carbocycles. The highest BCUT2D eigenvalue weighted by molar-refractivity contribution is 5.98. The van der Waals surface area contributed by atoms with Crippen molar-refractivity contribution in [2.75, 3.05) is 32.5 Å². The van der Waals surface area contributed by atoms with E-state index in [9.17, 15) is 9.59 Å². The van der Waals surface area contributed by atoms with Crippen LogP contribution in [0.2, 0.25) is 0 Å². The highest BCUT2D eigenvalue weighted by Crippen LogP contribution is 2.31. The molecule has 2 atom stereocenters. The van der Waals surface area contributed by atoms with Gasteiger partial charge in [0, 0.05) is 48.3 Å². The second-order valence-corrected chi connectivity index (χ2v) is 11.6. The number of piperidine rings is 1. The highest BCUT2D eigenvalue weighted by atomic mass is 16.2. The number of amides is 3. The number of carbonyl (C=O) groups excluding carboxylic acids is 2. The molecule has 7 heteroatoms. The number of benzene rings is 3. The summed E-state index contributed by atoms with van der Waals surface area (Å²) in [4.78, 5) is 34.7. The molecular weight excluding hydrogens is 510 g/mol. The van der Waals surface area contributed by atoms with Crippen LogP contribution in [0.3, 0.4) is 0 Å². The molecule has 3 N–H and O–H groups in total. The van der Waals surface area contributed by atoms with Crippen molar-refractivity contribution in [3.05, 3.63) is 101 Å². The molecule has 1 aliphatic rings. The van der Waals surface area contributed by atoms with E-state index in [1.54, 1.807) is 0 Å². The zero-order chi connectivity index (χ0) is 28.9. The van der Waals surface area contributed by atoms with Gasteiger partial charge in [-0.2, -0.15) is 0 Å². The van der Waals surface area contributed by atoms with Gasteiger partial charge in [-0.15, -0.1) is 0 Å². The molecule has 0 saturated carbocycles. The topological polar surface area (TPSA) is 80.5 Å². The highest BCUT2D eigenvalue weighted by Gasteiger charge is 2.32. The van der Waals surface area contributed by atoms with Gasteiger partial charge < -0.3 is 25.4 Å². The van der Waals surface area contributed by atoms with Gasteiger partial charge in [0.2, 0.25) is 5.91 Å². The van der Waals surface area contributed by atoms with E-state index in [4.69, 9.17) is 0 Å². The number of para-hydroxylation sites is 1. The Kier molecular flexibility index (Phi) is 8.74. The Balaban J connectivity index is 1.34. The van der Waals surface area contributed by atoms with Crippen LogP contribution in [0.15, 0.2) is 79.0 Å². The number of hydrogen-bond donors (Lipinski definition) is 3. The lowest BCUT2D eigenvalue weighted by atomic mass is 9.87. The third-order valence-corrected chi connectivity index (χ3v) is 8.28. The summed E-state index contributed by atoms with van der Waals surface area (Å²) in [5.74, 6) is -0.0450. The lowest BCUT2D eigenvalue weighted by Crippen LogP contribution is -2.53. The van der Waals surface area contributed by atoms with Gasteiger partial charge in [0.1, 0.15) is 6.04 Å². The number of likely N-dealkylation sites (tertiary alicyclic amines) is 1. The molecule has 0 bridgehead atoms. The summed E-state index contributed by atoms with van der Waals surface area (Å²) in [5.41, 5.74) is 6.51. The van der Waals surface area contributed by atoms with Crippen LogP contribution in [0.5, 0.6) is 0 Å². The average molecular weight is 552 g/mol. The first-order valence-corrected chi connectivity index (χ1v) is 14.5. The summed E-state index contributed by atoms with van der Waals surface area (Å²) in [5, 5.41) is 7.27. The zero-order valence-corrected chi connectivity index (χ0v) is 24.5. The summed E-state index contributed by atoms with van der Waals surface area (Å²) in [7, 11) is 4.03. The predicted octanol–water partition coefficient (Wildman–Crippen LogP) is 6.24. The molecule has 3 amide bonds. The number of nitrogens with zero attached hydrogens (tertiary/aromatic N) is 2. The van der Waals surface area contributed by atoms with Crippen molar-refractivity contribution in [1.82, 2.24) is 20.1 Å². The Morgan fingerprint density at radius 2 is 1.73 bits per heavy atom. The Hall–Kier alpha value is -4.10. The van der Waals surface area contributed by atoms with Crippen LogP contribution >= 0.6 is 0 Å². The van der Waals surface area contributed by atoms with E-state index >= 15 is 0 Å². The van der Waals surface area contributed by atoms with E-state index in [2.05, 4.69) is 57.8 Å². The lowest BCUT2D eigenvalue weighted by Gasteiger charge is -2.34. The molecule has 0 radical (unpaired) electrons. The van der Waals surface area contributed by atoms with E-state index in [1.165, 1.54) is 11.1 Å². The first-order valence-electron chi connectivity index (χ1n) is 14.5. The number of anilines is 1. The Morgan fingerprint density at radius 3 is 2.49 bits per heavy atom. The van der Waals surface area contributed by atoms with Gasteiger partial charge >= 0.3 is 6.03 Å². The summed E-state index contributed by atoms with van der Waals surface area (Å²) in [6.45, 7) is 6.25. The Labute approximate surface area is 242 Å². The first kappa shape index (κ1) is 28.4. The molecule has 0 aliphatic carbocycles. The van der Waals surface area contributed by atoms with Gasteiger partial charge in [-0.3, -0.25) is 4.79 Å². The molecule has 1 aromatic heterocycles. The number of aromatic nitrogens is 1. The molecule has 41 heavy (non-hydrogen) atoms. The number of aryl methyl sites for hydroxylation is 1. The first-order chi connectivity index (χ1) is 19.8. The van der Waals surface area contributed by atoms with Crippen molar-refractivity contribution in [3.63, 3.8) is 0 Å². The molecule has 7 nitrogen and oxygen atoms in total. The second-order valence-electron chi connectivity index (χ2n) is 11.6. The summed E-state index contributed by atoms with van der Waals surface area (Å²) in [6, 6.07) is 23.5. The van der Waals surface area contributed by atoms with E-state index in [-0.39, 0.29) is 17.9 Å². The molecular formula is C34H41N5O2. The third-order valence-electron chi connectivity index (χ3n) is 8.28. The van der Waals surface area contributed by atoms with Crippen LogP contribution in [0, 0.1) is 6.92 Å². The molecule has 1 saturated heterocycles. The Morgan fingerprint density at radius 1 is 1.00 bits per heavy atom. The number of H-pyrrole nitrogens is 1. The quantitative estimate of drug-likeness (QED) is 0.243. The lowest BCUT2D eigenvalue weighted by molar-refractivity contribution is -0.118. The van der Waals surface area contributed by atoms with E-state index < -0.39 is 6.04 Å². The largest absolute Gasteiger partial charge is 0.361 e. The van der Waals surface area contributed by atoms with Crippen LogP contribution in [0.25, 0.3) is 10.9 Å². The van der Waals surface area contributed by atoms with E-state index in [0.29, 0.717) is 19.0 Å². The number of rotatable bonds is 8. The van der Waals surface area contributed by atoms with E-state index in [1.807, 2.05) is 74.6 Å². The predicted molar refractivity (Wildman–Crippen MR) is 166 cm³/mol. The smallest absolute Gasteiger partial charge is 0.318 e. The van der Waals surface area contributed by atoms with Crippen LogP contribution in [-0.4, -0.2) is 59.9 Å². The maximum Gasteiger partial charge on any atom is 0.318 e. The van der Waals surface area contributed by atoms with Crippen LogP contribution in [0.1, 0.15) is 53.9 Å². The maximum absolute atomic E-state index is 13.8. The molecule has 2 heterocycles. The van der Waals surface area contributed by atoms with Gasteiger partial charge in [0.25, 0.3) is 0 Å². The normalized spacial score (nSPS) is 15.6. The molecule has 214 valence electrons. The summed E-state index contributed by atoms with van der Waals surface area (Å²) < 4.78 is 0. The molecule has 0 spiro atoms. The number of carbonyl (C=O) groups is 2. The van der Waals surface area contributed by atoms with Gasteiger partial charge in [-0.1, -0.05) is 61.5 Å². The molecule has 0 unspecified atom stereocenters. The number of nitrogens with one attached hydrogen (secondary N) is 3. The fraction of sp³-hybridized carbons (Fsp3) is 0.353. The number of aromatic amines is 1. The molecule has 1 fully saturated rings. The fourth-order valence-electron chi connectivity index (χ4n) is 6.06. The van der Waals surface area contributed by atoms with Crippen molar-refractivity contribution in [2.45, 2.75) is 51.1 Å². The monoisotopic (exact) mass is 551 g/mol. The average Bonchev–Trinajstić information content (AvgIpc) is 3.40. The van der Waals surface area contributed by atoms with Gasteiger partial charge in [0.15, 0.2) is 0 Å². The minimum atomic E-state index is -0.756. The molecule has 4 aromatic rings.